The number of carbonyl (C=O) groups excluding carboxylic acids is 4. The number of amides is 4. The number of methoxy groups -OCH3 is 1. The van der Waals surface area contributed by atoms with Crippen LogP contribution in [0.25, 0.3) is 10.8 Å². The maximum Gasteiger partial charge on any atom is 0.254 e. The molecule has 16 heteroatoms. The molecule has 0 spiro atoms. The summed E-state index contributed by atoms with van der Waals surface area (Å²) < 4.78 is 40.1. The van der Waals surface area contributed by atoms with Gasteiger partial charge in [0, 0.05) is 53.0 Å². The van der Waals surface area contributed by atoms with E-state index < -0.39 is 68.1 Å². The normalized spacial score (nSPS) is 23.2. The minimum atomic E-state index is -3.93. The number of aromatic nitrogens is 1. The molecule has 3 fully saturated rings. The van der Waals surface area contributed by atoms with Crippen LogP contribution in [0.4, 0.5) is 5.69 Å². The predicted molar refractivity (Wildman–Crippen MR) is 204 cm³/mol. The lowest BCUT2D eigenvalue weighted by molar-refractivity contribution is -0.136. The molecule has 2 aromatic carbocycles. The Bertz CT molecular complexity index is 2120. The highest BCUT2D eigenvalue weighted by molar-refractivity contribution is 7.91. The molecule has 2 aliphatic carbocycles. The molecule has 1 saturated heterocycles. The number of fused-ring (bicyclic) bond motifs is 1. The van der Waals surface area contributed by atoms with Crippen molar-refractivity contribution in [2.45, 2.75) is 75.4 Å². The minimum absolute atomic E-state index is 0.0243. The lowest BCUT2D eigenvalue weighted by Crippen LogP contribution is -2.59. The quantitative estimate of drug-likeness (QED) is 0.185. The Kier molecular flexibility index (Phi) is 10.7. The average molecular weight is 781 g/mol. The van der Waals surface area contributed by atoms with Gasteiger partial charge in [-0.05, 0) is 61.1 Å². The molecular weight excluding hydrogens is 736 g/mol. The number of nitrogens with one attached hydrogen (secondary N) is 4. The lowest BCUT2D eigenvalue weighted by atomic mass is 9.85. The Hall–Kier alpha value is -4.73. The highest BCUT2D eigenvalue weighted by Crippen LogP contribution is 2.53. The smallest absolute Gasteiger partial charge is 0.254 e. The Morgan fingerprint density at radius 2 is 1.85 bits per heavy atom. The number of nitrogens with zero attached hydrogens (tertiary/aromatic N) is 2. The van der Waals surface area contributed by atoms with Crippen LogP contribution >= 0.6 is 11.6 Å². The van der Waals surface area contributed by atoms with Crippen molar-refractivity contribution >= 4 is 61.7 Å². The van der Waals surface area contributed by atoms with Crippen molar-refractivity contribution in [1.82, 2.24) is 25.2 Å². The fraction of sp³-hybridized carbons (Fsp3) is 0.447. The van der Waals surface area contributed by atoms with Gasteiger partial charge in [-0.25, -0.2) is 13.4 Å². The van der Waals surface area contributed by atoms with Crippen LogP contribution in [0.15, 0.2) is 61.3 Å². The average Bonchev–Trinajstić information content (AvgIpc) is 4.06. The molecule has 3 aromatic rings. The maximum absolute atomic E-state index is 14.3. The Morgan fingerprint density at radius 1 is 1.11 bits per heavy atom. The number of sulfonamides is 1. The van der Waals surface area contributed by atoms with Gasteiger partial charge in [-0.1, -0.05) is 44.5 Å². The molecule has 54 heavy (non-hydrogen) atoms. The van der Waals surface area contributed by atoms with Gasteiger partial charge in [-0.15, -0.1) is 6.58 Å². The second-order valence-corrected chi connectivity index (χ2v) is 17.5. The molecule has 2 saturated carbocycles. The van der Waals surface area contributed by atoms with Gasteiger partial charge in [0.05, 0.1) is 24.6 Å². The van der Waals surface area contributed by atoms with E-state index in [1.807, 2.05) is 20.8 Å². The van der Waals surface area contributed by atoms with Crippen molar-refractivity contribution in [2.75, 3.05) is 26.0 Å². The van der Waals surface area contributed by atoms with Gasteiger partial charge >= 0.3 is 0 Å². The zero-order chi connectivity index (χ0) is 39.2. The van der Waals surface area contributed by atoms with Crippen LogP contribution in [0.3, 0.4) is 0 Å². The first kappa shape index (κ1) is 39.0. The number of ether oxygens (including phenoxy) is 2. The number of pyridine rings is 1. The Labute approximate surface area is 319 Å². The first-order chi connectivity index (χ1) is 25.5. The molecule has 3 aliphatic rings. The molecule has 4 N–H and O–H groups in total. The summed E-state index contributed by atoms with van der Waals surface area (Å²) in [6.07, 6.45) is 3.52. The highest BCUT2D eigenvalue weighted by atomic mass is 35.5. The van der Waals surface area contributed by atoms with Crippen molar-refractivity contribution < 1.29 is 37.1 Å². The van der Waals surface area contributed by atoms with Crippen LogP contribution in [0.5, 0.6) is 11.6 Å². The number of hydrogen-bond donors (Lipinski definition) is 4. The second kappa shape index (κ2) is 14.8. The molecule has 0 radical (unpaired) electrons. The summed E-state index contributed by atoms with van der Waals surface area (Å²) in [6, 6.07) is 9.79. The van der Waals surface area contributed by atoms with Crippen LogP contribution in [-0.4, -0.2) is 91.6 Å². The molecule has 4 amide bonds. The third-order valence-corrected chi connectivity index (χ3v) is 12.3. The number of rotatable bonds is 13. The summed E-state index contributed by atoms with van der Waals surface area (Å²) in [4.78, 5) is 60.7. The number of carbonyl (C=O) groups is 4. The molecule has 288 valence electrons. The number of halogens is 1. The number of anilines is 1. The Morgan fingerprint density at radius 3 is 2.48 bits per heavy atom. The molecule has 0 bridgehead atoms. The van der Waals surface area contributed by atoms with Crippen LogP contribution < -0.4 is 30.1 Å². The molecule has 2 heterocycles. The third-order valence-electron chi connectivity index (χ3n) is 10.3. The van der Waals surface area contributed by atoms with Crippen molar-refractivity contribution in [3.63, 3.8) is 0 Å². The van der Waals surface area contributed by atoms with Gasteiger partial charge < -0.3 is 20.1 Å². The lowest BCUT2D eigenvalue weighted by Gasteiger charge is -2.34. The van der Waals surface area contributed by atoms with Gasteiger partial charge in [0.25, 0.3) is 11.8 Å². The van der Waals surface area contributed by atoms with Crippen LogP contribution in [0.2, 0.25) is 5.02 Å². The molecule has 6 rings (SSSR count). The van der Waals surface area contributed by atoms with Crippen molar-refractivity contribution in [2.24, 2.45) is 11.3 Å². The van der Waals surface area contributed by atoms with E-state index in [0.29, 0.717) is 45.6 Å². The molecular formula is C38H45ClN6O8S. The fourth-order valence-corrected chi connectivity index (χ4v) is 8.65. The first-order valence-corrected chi connectivity index (χ1v) is 19.6. The first-order valence-electron chi connectivity index (χ1n) is 17.7. The second-order valence-electron chi connectivity index (χ2n) is 15.1. The maximum atomic E-state index is 14.3. The van der Waals surface area contributed by atoms with E-state index in [1.165, 1.54) is 20.4 Å². The van der Waals surface area contributed by atoms with Gasteiger partial charge in [-0.2, -0.15) is 0 Å². The number of imide groups is 1. The minimum Gasteiger partial charge on any atom is -0.494 e. The van der Waals surface area contributed by atoms with E-state index in [0.717, 1.165) is 0 Å². The van der Waals surface area contributed by atoms with Gasteiger partial charge in [0.1, 0.15) is 23.4 Å². The predicted octanol–water partition coefficient (Wildman–Crippen LogP) is 3.80. The van der Waals surface area contributed by atoms with Crippen LogP contribution in [0.1, 0.15) is 56.8 Å². The monoisotopic (exact) mass is 780 g/mol. The molecule has 1 aromatic heterocycles. The summed E-state index contributed by atoms with van der Waals surface area (Å²) in [5, 5.41) is 9.37. The zero-order valence-electron chi connectivity index (χ0n) is 30.8. The third kappa shape index (κ3) is 7.75. The van der Waals surface area contributed by atoms with Crippen molar-refractivity contribution in [3.8, 4) is 11.6 Å². The summed E-state index contributed by atoms with van der Waals surface area (Å²) >= 11 is 6.35. The van der Waals surface area contributed by atoms with Crippen LogP contribution in [0, 0.1) is 11.3 Å². The number of likely N-dealkylation sites (tertiary alicyclic amines) is 1. The number of benzene rings is 2. The van der Waals surface area contributed by atoms with E-state index in [2.05, 4.69) is 32.2 Å². The molecule has 14 nitrogen and oxygen atoms in total. The van der Waals surface area contributed by atoms with E-state index >= 15 is 0 Å². The SMILES string of the molecule is C=C[C@@H]1C[C@@]1(C(=O)NS(=O)(=O)C1CC1)N1C[C@H](Oc2ncc(OC)c3ccc(Cl)cc23)C[C@H]1C(=O)NC(=O)[C@@H](Nc1cccc(C(=O)NC)c1)C(C)(C)C. The zero-order valence-corrected chi connectivity index (χ0v) is 32.3. The van der Waals surface area contributed by atoms with E-state index in [9.17, 15) is 27.6 Å². The standard InChI is InChI=1S/C38H45ClN6O8S/c1-7-22-18-38(22,36(49)44-54(50,51)26-12-13-26)45-20-25(53-35-28-16-23(39)11-14-27(28)30(52-6)19-41-35)17-29(45)33(47)43-34(48)31(37(2,3)4)42-24-10-8-9-21(15-24)32(46)40-5/h7-11,14-16,19,22,25-26,29,31,42H,1,12-13,17-18,20H2,2-6H3,(H,40,46)(H,44,49)(H,43,47,48)/t22-,25-,29+,31-,38-/m1/s1. The molecule has 1 aliphatic heterocycles. The van der Waals surface area contributed by atoms with Gasteiger partial charge in [0.15, 0.2) is 0 Å². The van der Waals surface area contributed by atoms with E-state index in [1.54, 1.807) is 53.4 Å². The summed E-state index contributed by atoms with van der Waals surface area (Å²) in [6.45, 7) is 9.41. The topological polar surface area (TPSA) is 185 Å². The van der Waals surface area contributed by atoms with E-state index in [4.69, 9.17) is 21.1 Å². The van der Waals surface area contributed by atoms with Gasteiger partial charge in [-0.3, -0.25) is 34.1 Å². The fourth-order valence-electron chi connectivity index (χ4n) is 7.12. The van der Waals surface area contributed by atoms with Crippen molar-refractivity contribution in [1.29, 1.82) is 0 Å². The van der Waals surface area contributed by atoms with Crippen molar-refractivity contribution in [3.05, 3.63) is 71.9 Å². The molecule has 5 atom stereocenters. The summed E-state index contributed by atoms with van der Waals surface area (Å²) in [5.41, 5.74) is -1.27. The summed E-state index contributed by atoms with van der Waals surface area (Å²) in [7, 11) is -0.887. The Balaban J connectivity index is 1.31. The summed E-state index contributed by atoms with van der Waals surface area (Å²) in [5.74, 6) is -2.14. The highest BCUT2D eigenvalue weighted by Gasteiger charge is 2.67. The number of hydrogen-bond acceptors (Lipinski definition) is 11. The van der Waals surface area contributed by atoms with Gasteiger partial charge in [0.2, 0.25) is 27.7 Å². The van der Waals surface area contributed by atoms with Crippen LogP contribution in [-0.2, 0) is 24.4 Å². The largest absolute Gasteiger partial charge is 0.494 e. The van der Waals surface area contributed by atoms with E-state index in [-0.39, 0.29) is 31.2 Å². The molecule has 0 unspecified atom stereocenters.